The second-order valence-electron chi connectivity index (χ2n) is 6.52. The molecule has 1 aromatic heterocycles. The van der Waals surface area contributed by atoms with Gasteiger partial charge in [-0.25, -0.2) is 0 Å². The van der Waals surface area contributed by atoms with Crippen LogP contribution in [0.2, 0.25) is 0 Å². The molecule has 0 aliphatic carbocycles. The Kier molecular flexibility index (Phi) is 5.49. The number of hydrogen-bond donors (Lipinski definition) is 0. The summed E-state index contributed by atoms with van der Waals surface area (Å²) in [6, 6.07) is 21.1. The van der Waals surface area contributed by atoms with E-state index in [0.717, 1.165) is 23.5 Å². The number of nitrogens with zero attached hydrogens (tertiary/aromatic N) is 2. The molecule has 0 saturated heterocycles. The van der Waals surface area contributed by atoms with Crippen LogP contribution < -0.4 is 0 Å². The molecular weight excluding hydrogens is 328 g/mol. The van der Waals surface area contributed by atoms with Gasteiger partial charge in [0.2, 0.25) is 0 Å². The summed E-state index contributed by atoms with van der Waals surface area (Å²) in [7, 11) is 2.08. The summed E-state index contributed by atoms with van der Waals surface area (Å²) in [5, 5.41) is 10.7. The van der Waals surface area contributed by atoms with Crippen molar-refractivity contribution in [2.75, 3.05) is 7.05 Å². The van der Waals surface area contributed by atoms with Crippen LogP contribution >= 0.6 is 0 Å². The Morgan fingerprint density at radius 2 is 1.73 bits per heavy atom. The Labute approximate surface area is 153 Å². The third kappa shape index (κ3) is 4.37. The lowest BCUT2D eigenvalue weighted by Crippen LogP contribution is -2.30. The molecule has 3 rings (SSSR count). The van der Waals surface area contributed by atoms with E-state index < -0.39 is 4.92 Å². The van der Waals surface area contributed by atoms with Crippen LogP contribution in [0.25, 0.3) is 11.3 Å². The van der Waals surface area contributed by atoms with Crippen LogP contribution in [0.3, 0.4) is 0 Å². The lowest BCUT2D eigenvalue weighted by Gasteiger charge is -2.23. The standard InChI is InChI=1S/C21H22N2O3/c1-16(14-17-6-4-3-5-7-17)22(2)15-20-12-13-21(26-20)18-8-10-19(11-9-18)23(24)25/h3-13,16H,14-15H2,1-2H3. The number of non-ortho nitro benzene ring substituents is 1. The molecule has 0 aliphatic heterocycles. The first-order valence-electron chi connectivity index (χ1n) is 8.60. The first kappa shape index (κ1) is 17.9. The summed E-state index contributed by atoms with van der Waals surface area (Å²) in [6.07, 6.45) is 0.979. The van der Waals surface area contributed by atoms with E-state index in [1.165, 1.54) is 17.7 Å². The van der Waals surface area contributed by atoms with Gasteiger partial charge in [-0.05, 0) is 50.2 Å². The highest BCUT2D eigenvalue weighted by molar-refractivity contribution is 5.59. The van der Waals surface area contributed by atoms with Gasteiger partial charge in [0.1, 0.15) is 11.5 Å². The van der Waals surface area contributed by atoms with Crippen LogP contribution in [0.5, 0.6) is 0 Å². The molecule has 1 unspecified atom stereocenters. The molecule has 5 nitrogen and oxygen atoms in total. The van der Waals surface area contributed by atoms with Gasteiger partial charge in [0.25, 0.3) is 5.69 Å². The maximum atomic E-state index is 10.7. The Bertz CT molecular complexity index is 856. The molecule has 0 aliphatic rings. The summed E-state index contributed by atoms with van der Waals surface area (Å²) in [4.78, 5) is 12.6. The Morgan fingerprint density at radius 1 is 1.04 bits per heavy atom. The number of furan rings is 1. The smallest absolute Gasteiger partial charge is 0.269 e. The van der Waals surface area contributed by atoms with Gasteiger partial charge in [-0.2, -0.15) is 0 Å². The maximum absolute atomic E-state index is 10.7. The summed E-state index contributed by atoms with van der Waals surface area (Å²) >= 11 is 0. The molecule has 5 heteroatoms. The SMILES string of the molecule is CC(Cc1ccccc1)N(C)Cc1ccc(-c2ccc([N+](=O)[O-])cc2)o1. The van der Waals surface area contributed by atoms with Gasteiger partial charge in [0.05, 0.1) is 11.5 Å². The van der Waals surface area contributed by atoms with Crippen molar-refractivity contribution in [1.82, 2.24) is 4.90 Å². The third-order valence-corrected chi connectivity index (χ3v) is 4.56. The van der Waals surface area contributed by atoms with E-state index in [9.17, 15) is 10.1 Å². The molecule has 2 aromatic carbocycles. The van der Waals surface area contributed by atoms with Gasteiger partial charge in [0, 0.05) is 23.7 Å². The van der Waals surface area contributed by atoms with E-state index in [1.807, 2.05) is 18.2 Å². The van der Waals surface area contributed by atoms with Crippen LogP contribution in [-0.2, 0) is 13.0 Å². The van der Waals surface area contributed by atoms with Gasteiger partial charge in [-0.15, -0.1) is 0 Å². The highest BCUT2D eigenvalue weighted by Crippen LogP contribution is 2.25. The predicted octanol–water partition coefficient (Wildman–Crippen LogP) is 4.92. The largest absolute Gasteiger partial charge is 0.460 e. The van der Waals surface area contributed by atoms with Gasteiger partial charge >= 0.3 is 0 Å². The minimum absolute atomic E-state index is 0.0787. The number of nitro groups is 1. The summed E-state index contributed by atoms with van der Waals surface area (Å²) in [5.74, 6) is 1.60. The van der Waals surface area contributed by atoms with E-state index in [0.29, 0.717) is 12.6 Å². The fourth-order valence-corrected chi connectivity index (χ4v) is 2.88. The fraction of sp³-hybridized carbons (Fsp3) is 0.238. The zero-order valence-corrected chi connectivity index (χ0v) is 15.0. The molecule has 0 saturated carbocycles. The van der Waals surface area contributed by atoms with Gasteiger partial charge in [-0.1, -0.05) is 30.3 Å². The van der Waals surface area contributed by atoms with Crippen molar-refractivity contribution in [2.24, 2.45) is 0 Å². The van der Waals surface area contributed by atoms with Crippen molar-refractivity contribution < 1.29 is 9.34 Å². The highest BCUT2D eigenvalue weighted by atomic mass is 16.6. The average Bonchev–Trinajstić information content (AvgIpc) is 3.11. The summed E-state index contributed by atoms with van der Waals surface area (Å²) in [6.45, 7) is 2.91. The summed E-state index contributed by atoms with van der Waals surface area (Å²) < 4.78 is 5.93. The van der Waals surface area contributed by atoms with E-state index >= 15 is 0 Å². The number of benzene rings is 2. The number of nitro benzene ring substituents is 1. The Balaban J connectivity index is 1.63. The van der Waals surface area contributed by atoms with Crippen LogP contribution in [0.1, 0.15) is 18.2 Å². The fourth-order valence-electron chi connectivity index (χ4n) is 2.88. The zero-order valence-electron chi connectivity index (χ0n) is 15.0. The average molecular weight is 350 g/mol. The van der Waals surface area contributed by atoms with Crippen molar-refractivity contribution in [3.63, 3.8) is 0 Å². The van der Waals surface area contributed by atoms with E-state index in [-0.39, 0.29) is 5.69 Å². The Hall–Kier alpha value is -2.92. The number of hydrogen-bond acceptors (Lipinski definition) is 4. The second-order valence-corrected chi connectivity index (χ2v) is 6.52. The van der Waals surface area contributed by atoms with Crippen molar-refractivity contribution in [1.29, 1.82) is 0 Å². The number of likely N-dealkylation sites (N-methyl/N-ethyl adjacent to an activating group) is 1. The van der Waals surface area contributed by atoms with Crippen LogP contribution in [0, 0.1) is 10.1 Å². The van der Waals surface area contributed by atoms with E-state index in [1.54, 1.807) is 12.1 Å². The molecule has 0 amide bonds. The minimum atomic E-state index is -0.402. The second kappa shape index (κ2) is 7.97. The molecule has 3 aromatic rings. The van der Waals surface area contributed by atoms with Crippen molar-refractivity contribution in [3.05, 3.63) is 88.2 Å². The van der Waals surface area contributed by atoms with E-state index in [2.05, 4.69) is 43.1 Å². The minimum Gasteiger partial charge on any atom is -0.460 e. The normalized spacial score (nSPS) is 12.3. The van der Waals surface area contributed by atoms with Gasteiger partial charge < -0.3 is 4.42 Å². The topological polar surface area (TPSA) is 59.5 Å². The van der Waals surface area contributed by atoms with Crippen molar-refractivity contribution >= 4 is 5.69 Å². The lowest BCUT2D eigenvalue weighted by molar-refractivity contribution is -0.384. The number of rotatable bonds is 7. The third-order valence-electron chi connectivity index (χ3n) is 4.56. The molecule has 0 radical (unpaired) electrons. The molecule has 26 heavy (non-hydrogen) atoms. The molecule has 1 atom stereocenters. The first-order valence-corrected chi connectivity index (χ1v) is 8.60. The monoisotopic (exact) mass is 350 g/mol. The first-order chi connectivity index (χ1) is 12.5. The predicted molar refractivity (Wildman–Crippen MR) is 102 cm³/mol. The maximum Gasteiger partial charge on any atom is 0.269 e. The lowest BCUT2D eigenvalue weighted by atomic mass is 10.1. The highest BCUT2D eigenvalue weighted by Gasteiger charge is 2.14. The molecule has 0 N–H and O–H groups in total. The quantitative estimate of drug-likeness (QED) is 0.448. The van der Waals surface area contributed by atoms with E-state index in [4.69, 9.17) is 4.42 Å². The molecule has 1 heterocycles. The van der Waals surface area contributed by atoms with Crippen LogP contribution in [-0.4, -0.2) is 22.9 Å². The zero-order chi connectivity index (χ0) is 18.5. The molecular formula is C21H22N2O3. The molecule has 134 valence electrons. The Morgan fingerprint density at radius 3 is 2.38 bits per heavy atom. The molecule has 0 bridgehead atoms. The van der Waals surface area contributed by atoms with Gasteiger partial charge in [-0.3, -0.25) is 15.0 Å². The van der Waals surface area contributed by atoms with Crippen molar-refractivity contribution in [2.45, 2.75) is 25.9 Å². The van der Waals surface area contributed by atoms with Crippen LogP contribution in [0.4, 0.5) is 5.69 Å². The van der Waals surface area contributed by atoms with Crippen LogP contribution in [0.15, 0.2) is 71.1 Å². The molecule has 0 spiro atoms. The summed E-state index contributed by atoms with van der Waals surface area (Å²) in [5.41, 5.74) is 2.23. The molecule has 0 fully saturated rings. The van der Waals surface area contributed by atoms with Gasteiger partial charge in [0.15, 0.2) is 0 Å². The van der Waals surface area contributed by atoms with Crippen molar-refractivity contribution in [3.8, 4) is 11.3 Å².